The van der Waals surface area contributed by atoms with E-state index in [0.29, 0.717) is 34.9 Å². The van der Waals surface area contributed by atoms with Gasteiger partial charge in [0.2, 0.25) is 0 Å². The Bertz CT molecular complexity index is 1700. The fraction of sp³-hybridized carbons (Fsp3) is 0.423. The molecule has 3 heterocycles. The van der Waals surface area contributed by atoms with Gasteiger partial charge >= 0.3 is 12.1 Å². The number of sulfone groups is 1. The van der Waals surface area contributed by atoms with Gasteiger partial charge in [-0.1, -0.05) is 0 Å². The number of hydrogen-bond donors (Lipinski definition) is 3. The molecule has 1 fully saturated rings. The van der Waals surface area contributed by atoms with Crippen LogP contribution in [0, 0.1) is 5.92 Å². The Balaban J connectivity index is 0.000000517. The number of anilines is 1. The zero-order valence-electron chi connectivity index (χ0n) is 23.1. The maximum absolute atomic E-state index is 13.3. The van der Waals surface area contributed by atoms with Crippen LogP contribution in [0.1, 0.15) is 60.0 Å². The molecule has 0 spiro atoms. The van der Waals surface area contributed by atoms with E-state index in [1.807, 2.05) is 26.8 Å². The Morgan fingerprint density at radius 3 is 2.33 bits per heavy atom. The van der Waals surface area contributed by atoms with E-state index in [-0.39, 0.29) is 45.9 Å². The minimum Gasteiger partial charge on any atom is -0.475 e. The van der Waals surface area contributed by atoms with Crippen LogP contribution in [0.5, 0.6) is 0 Å². The molecule has 16 heteroatoms. The van der Waals surface area contributed by atoms with Crippen molar-refractivity contribution in [3.05, 3.63) is 41.3 Å². The Hall–Kier alpha value is -4.21. The van der Waals surface area contributed by atoms with Crippen LogP contribution < -0.4 is 11.1 Å². The molecule has 0 radical (unpaired) electrons. The molecule has 2 aromatic heterocycles. The van der Waals surface area contributed by atoms with Gasteiger partial charge in [0.1, 0.15) is 5.69 Å². The van der Waals surface area contributed by atoms with Gasteiger partial charge in [0.15, 0.2) is 21.3 Å². The smallest absolute Gasteiger partial charge is 0.475 e. The molecule has 0 saturated heterocycles. The largest absolute Gasteiger partial charge is 0.490 e. The van der Waals surface area contributed by atoms with Gasteiger partial charge in [-0.05, 0) is 57.2 Å². The highest BCUT2D eigenvalue weighted by molar-refractivity contribution is 7.90. The monoisotopic (exact) mass is 610 g/mol. The Morgan fingerprint density at radius 2 is 1.81 bits per heavy atom. The van der Waals surface area contributed by atoms with Gasteiger partial charge < -0.3 is 21.1 Å². The average Bonchev–Trinajstić information content (AvgIpc) is 3.55. The summed E-state index contributed by atoms with van der Waals surface area (Å²) in [6.07, 6.45) is 1.28. The van der Waals surface area contributed by atoms with Crippen molar-refractivity contribution < 1.29 is 41.1 Å². The molecule has 226 valence electrons. The molecule has 12 nitrogen and oxygen atoms in total. The van der Waals surface area contributed by atoms with Gasteiger partial charge in [-0.2, -0.15) is 13.2 Å². The summed E-state index contributed by atoms with van der Waals surface area (Å²) >= 11 is 0. The number of nitrogen functional groups attached to an aromatic ring is 1. The van der Waals surface area contributed by atoms with Gasteiger partial charge in [0.05, 0.1) is 22.3 Å². The van der Waals surface area contributed by atoms with Gasteiger partial charge in [-0.15, -0.1) is 0 Å². The van der Waals surface area contributed by atoms with Crippen molar-refractivity contribution in [2.75, 3.05) is 12.0 Å². The SMILES string of the molecule is CC(C)NC(=O)c1cn2c(-c3cc4c(c(S(C)(=O)=O)c3)C(=O)N([C@@H](C)C3CC3)C4)cnc2c(N)n1.O=C(O)C(F)(F)F. The summed E-state index contributed by atoms with van der Waals surface area (Å²) in [6.45, 7) is 6.06. The molecule has 0 unspecified atom stereocenters. The van der Waals surface area contributed by atoms with Gasteiger partial charge in [-0.3, -0.25) is 14.0 Å². The molecule has 5 rings (SSSR count). The average molecular weight is 611 g/mol. The van der Waals surface area contributed by atoms with Gasteiger partial charge in [-0.25, -0.2) is 23.2 Å². The molecule has 2 aliphatic rings. The highest BCUT2D eigenvalue weighted by atomic mass is 32.2. The number of nitrogens with zero attached hydrogens (tertiary/aromatic N) is 4. The van der Waals surface area contributed by atoms with Crippen molar-refractivity contribution in [1.29, 1.82) is 0 Å². The van der Waals surface area contributed by atoms with E-state index in [2.05, 4.69) is 15.3 Å². The summed E-state index contributed by atoms with van der Waals surface area (Å²) < 4.78 is 58.9. The van der Waals surface area contributed by atoms with Gasteiger partial charge in [0.25, 0.3) is 11.8 Å². The van der Waals surface area contributed by atoms with Crippen molar-refractivity contribution >= 4 is 39.1 Å². The number of rotatable bonds is 6. The first kappa shape index (κ1) is 30.7. The number of amides is 2. The maximum Gasteiger partial charge on any atom is 0.490 e. The second kappa shape index (κ2) is 10.9. The number of benzene rings is 1. The third-order valence-corrected chi connectivity index (χ3v) is 8.02. The van der Waals surface area contributed by atoms with Crippen molar-refractivity contribution in [3.8, 4) is 11.3 Å². The minimum atomic E-state index is -5.08. The molecular formula is C26H29F3N6O6S. The molecule has 3 aromatic rings. The minimum absolute atomic E-state index is 0.00440. The Kier molecular flexibility index (Phi) is 7.97. The van der Waals surface area contributed by atoms with Crippen LogP contribution in [-0.2, 0) is 21.2 Å². The predicted molar refractivity (Wildman–Crippen MR) is 144 cm³/mol. The van der Waals surface area contributed by atoms with Crippen LogP contribution >= 0.6 is 0 Å². The number of aliphatic carboxylic acids is 1. The van der Waals surface area contributed by atoms with E-state index < -0.39 is 22.0 Å². The third kappa shape index (κ3) is 6.17. The van der Waals surface area contributed by atoms with Crippen molar-refractivity contribution in [3.63, 3.8) is 0 Å². The normalized spacial score (nSPS) is 15.8. The second-order valence-corrected chi connectivity index (χ2v) is 12.6. The van der Waals surface area contributed by atoms with E-state index in [9.17, 15) is 31.2 Å². The van der Waals surface area contributed by atoms with E-state index >= 15 is 0 Å². The van der Waals surface area contributed by atoms with Crippen LogP contribution in [0.3, 0.4) is 0 Å². The number of alkyl halides is 3. The number of carboxylic acid groups (broad SMARTS) is 1. The van der Waals surface area contributed by atoms with Crippen LogP contribution in [0.4, 0.5) is 19.0 Å². The fourth-order valence-electron chi connectivity index (χ4n) is 4.71. The lowest BCUT2D eigenvalue weighted by Crippen LogP contribution is -2.35. The van der Waals surface area contributed by atoms with E-state index in [4.69, 9.17) is 15.6 Å². The number of hydrogen-bond acceptors (Lipinski definition) is 8. The van der Waals surface area contributed by atoms with Crippen molar-refractivity contribution in [2.45, 2.75) is 63.3 Å². The van der Waals surface area contributed by atoms with E-state index in [1.165, 1.54) is 12.3 Å². The zero-order valence-corrected chi connectivity index (χ0v) is 23.9. The number of carboxylic acids is 1. The van der Waals surface area contributed by atoms with Crippen molar-refractivity contribution in [1.82, 2.24) is 24.6 Å². The van der Waals surface area contributed by atoms with Gasteiger partial charge in [0, 0.05) is 36.6 Å². The second-order valence-electron chi connectivity index (χ2n) is 10.6. The number of nitrogens with one attached hydrogen (secondary N) is 1. The van der Waals surface area contributed by atoms with Crippen molar-refractivity contribution in [2.24, 2.45) is 5.92 Å². The van der Waals surface area contributed by atoms with E-state index in [0.717, 1.165) is 19.1 Å². The van der Waals surface area contributed by atoms with Crippen LogP contribution in [0.25, 0.3) is 16.9 Å². The summed E-state index contributed by atoms with van der Waals surface area (Å²) in [7, 11) is -3.70. The first-order valence-electron chi connectivity index (χ1n) is 12.8. The number of halogens is 3. The number of carbonyl (C=O) groups excluding carboxylic acids is 2. The lowest BCUT2D eigenvalue weighted by atomic mass is 10.0. The summed E-state index contributed by atoms with van der Waals surface area (Å²) in [4.78, 5) is 45.0. The number of carbonyl (C=O) groups is 3. The summed E-state index contributed by atoms with van der Waals surface area (Å²) in [5, 5.41) is 9.91. The highest BCUT2D eigenvalue weighted by Crippen LogP contribution is 2.41. The number of imidazole rings is 1. The van der Waals surface area contributed by atoms with Crippen LogP contribution in [-0.4, -0.2) is 75.1 Å². The molecule has 42 heavy (non-hydrogen) atoms. The fourth-order valence-corrected chi connectivity index (χ4v) is 5.64. The first-order valence-corrected chi connectivity index (χ1v) is 14.7. The predicted octanol–water partition coefficient (Wildman–Crippen LogP) is 2.91. The molecule has 4 N–H and O–H groups in total. The number of aromatic nitrogens is 3. The topological polar surface area (TPSA) is 177 Å². The Labute approximate surface area is 238 Å². The Morgan fingerprint density at radius 1 is 1.19 bits per heavy atom. The molecule has 1 atom stereocenters. The lowest BCUT2D eigenvalue weighted by molar-refractivity contribution is -0.192. The van der Waals surface area contributed by atoms with Crippen LogP contribution in [0.15, 0.2) is 29.4 Å². The summed E-state index contributed by atoms with van der Waals surface area (Å²) in [5.74, 6) is -2.84. The first-order chi connectivity index (χ1) is 19.4. The molecule has 1 aromatic carbocycles. The van der Waals surface area contributed by atoms with Crippen LogP contribution in [0.2, 0.25) is 0 Å². The quantitative estimate of drug-likeness (QED) is 0.379. The zero-order chi connectivity index (χ0) is 31.3. The molecule has 1 saturated carbocycles. The molecule has 1 aliphatic carbocycles. The summed E-state index contributed by atoms with van der Waals surface area (Å²) in [5.41, 5.74) is 8.57. The molecule has 2 amide bonds. The molecule has 0 bridgehead atoms. The molecule has 1 aliphatic heterocycles. The maximum atomic E-state index is 13.3. The number of nitrogens with two attached hydrogens (primary N) is 1. The summed E-state index contributed by atoms with van der Waals surface area (Å²) in [6, 6.07) is 3.30. The third-order valence-electron chi connectivity index (χ3n) is 6.90. The molecular weight excluding hydrogens is 581 g/mol. The van der Waals surface area contributed by atoms with E-state index in [1.54, 1.807) is 15.5 Å². The standard InChI is InChI=1S/C24H28N6O4S.C2HF3O2/c1-12(2)27-23(31)17-11-30-18(9-26-22(30)21(25)28-17)15-7-16-10-29(13(3)14-5-6-14)24(32)20(16)19(8-15)35(4,33)34;3-2(4,5)1(6)7/h7-9,11-14H,5-6,10H2,1-4H3,(H2,25,28)(H,27,31);(H,6,7)/t13-;/m0./s1. The highest BCUT2D eigenvalue weighted by Gasteiger charge is 2.41. The lowest BCUT2D eigenvalue weighted by Gasteiger charge is -2.24. The number of fused-ring (bicyclic) bond motifs is 2.